The van der Waals surface area contributed by atoms with Crippen molar-refractivity contribution >= 4 is 23.6 Å². The van der Waals surface area contributed by atoms with Gasteiger partial charge in [0, 0.05) is 18.0 Å². The van der Waals surface area contributed by atoms with Gasteiger partial charge in [0.2, 0.25) is 17.7 Å². The summed E-state index contributed by atoms with van der Waals surface area (Å²) in [6.45, 7) is 6.97. The third-order valence-corrected chi connectivity index (χ3v) is 9.03. The Labute approximate surface area is 226 Å². The molecule has 4 unspecified atom stereocenters. The van der Waals surface area contributed by atoms with Gasteiger partial charge in [-0.05, 0) is 56.8 Å². The summed E-state index contributed by atoms with van der Waals surface area (Å²) in [6, 6.07) is -3.21. The Morgan fingerprint density at radius 1 is 1.10 bits per heavy atom. The van der Waals surface area contributed by atoms with Crippen LogP contribution in [0.3, 0.4) is 0 Å². The predicted octanol–water partition coefficient (Wildman–Crippen LogP) is 2.17. The van der Waals surface area contributed by atoms with Crippen molar-refractivity contribution in [2.45, 2.75) is 89.4 Å². The van der Waals surface area contributed by atoms with Crippen molar-refractivity contribution in [3.05, 3.63) is 0 Å². The molecule has 4 rings (SSSR count). The summed E-state index contributed by atoms with van der Waals surface area (Å²) in [5.41, 5.74) is -3.90. The number of carbonyl (C=O) groups excluding carboxylic acids is 4. The highest BCUT2D eigenvalue weighted by Gasteiger charge is 2.74. The van der Waals surface area contributed by atoms with Crippen LogP contribution in [-0.2, 0) is 19.2 Å². The molecule has 9 nitrogen and oxygen atoms in total. The molecule has 2 aliphatic carbocycles. The number of nitrogens with zero attached hydrogens (tertiary/aromatic N) is 2. The smallest absolute Gasteiger partial charge is 0.351 e. The third kappa shape index (κ3) is 5.09. The molecule has 4 aliphatic rings. The van der Waals surface area contributed by atoms with Crippen LogP contribution in [0.5, 0.6) is 0 Å². The molecule has 2 heterocycles. The molecule has 0 radical (unpaired) electrons. The lowest BCUT2D eigenvalue weighted by Crippen LogP contribution is -2.62. The average Bonchev–Trinajstić information content (AvgIpc) is 3.61. The Bertz CT molecular complexity index is 1160. The molecule has 0 spiro atoms. The van der Waals surface area contributed by atoms with Crippen LogP contribution in [0.15, 0.2) is 0 Å². The van der Waals surface area contributed by atoms with E-state index in [0.29, 0.717) is 6.42 Å². The molecular formula is C25H31F6N5O4. The minimum Gasteiger partial charge on any atom is -0.351 e. The van der Waals surface area contributed by atoms with Crippen LogP contribution in [0.4, 0.5) is 26.3 Å². The maximum absolute atomic E-state index is 14.0. The normalized spacial score (nSPS) is 30.8. The lowest BCUT2D eigenvalue weighted by molar-refractivity contribution is -0.204. The molecule has 0 bridgehead atoms. The number of alkyl halides is 6. The topological polar surface area (TPSA) is 131 Å². The fourth-order valence-corrected chi connectivity index (χ4v) is 6.57. The Balaban J connectivity index is 1.58. The number of carbonyl (C=O) groups is 4. The lowest BCUT2D eigenvalue weighted by Gasteiger charge is -2.36. The highest BCUT2D eigenvalue weighted by molar-refractivity contribution is 5.95. The summed E-state index contributed by atoms with van der Waals surface area (Å²) in [6.07, 6.45) is -11.6. The van der Waals surface area contributed by atoms with E-state index in [2.05, 4.69) is 10.6 Å². The minimum absolute atomic E-state index is 0.0445. The van der Waals surface area contributed by atoms with Crippen LogP contribution in [-0.4, -0.2) is 71.1 Å². The number of hydrogen-bond acceptors (Lipinski definition) is 5. The number of rotatable bonds is 7. The molecule has 0 aromatic rings. The summed E-state index contributed by atoms with van der Waals surface area (Å²) >= 11 is 0. The van der Waals surface area contributed by atoms with E-state index >= 15 is 0 Å². The van der Waals surface area contributed by atoms with Gasteiger partial charge in [0.1, 0.15) is 18.1 Å². The second kappa shape index (κ2) is 9.24. The van der Waals surface area contributed by atoms with Gasteiger partial charge in [0.05, 0.1) is 11.5 Å². The number of nitriles is 1. The van der Waals surface area contributed by atoms with Gasteiger partial charge in [-0.25, -0.2) is 0 Å². The first-order valence-corrected chi connectivity index (χ1v) is 12.9. The van der Waals surface area contributed by atoms with Gasteiger partial charge in [-0.1, -0.05) is 13.8 Å². The molecule has 2 saturated carbocycles. The molecule has 40 heavy (non-hydrogen) atoms. The van der Waals surface area contributed by atoms with E-state index in [1.807, 2.05) is 6.07 Å². The fraction of sp³-hybridized carbons (Fsp3) is 0.800. The molecule has 0 aromatic heterocycles. The van der Waals surface area contributed by atoms with Gasteiger partial charge in [0.15, 0.2) is 0 Å². The molecule has 4 fully saturated rings. The molecule has 222 valence electrons. The maximum Gasteiger partial charge on any atom is 0.471 e. The van der Waals surface area contributed by atoms with Crippen molar-refractivity contribution in [3.63, 3.8) is 0 Å². The number of likely N-dealkylation sites (tertiary alicyclic amines) is 1. The van der Waals surface area contributed by atoms with Crippen LogP contribution in [0.25, 0.3) is 0 Å². The summed E-state index contributed by atoms with van der Waals surface area (Å²) in [4.78, 5) is 51.8. The van der Waals surface area contributed by atoms with Crippen molar-refractivity contribution in [2.75, 3.05) is 6.54 Å². The predicted molar refractivity (Wildman–Crippen MR) is 124 cm³/mol. The highest BCUT2D eigenvalue weighted by Crippen LogP contribution is 2.66. The molecule has 4 amide bonds. The monoisotopic (exact) mass is 579 g/mol. The minimum atomic E-state index is -5.53. The van der Waals surface area contributed by atoms with Crippen LogP contribution in [0.2, 0.25) is 0 Å². The molecule has 0 aromatic carbocycles. The first kappa shape index (κ1) is 29.9. The van der Waals surface area contributed by atoms with E-state index in [-0.39, 0.29) is 24.8 Å². The van der Waals surface area contributed by atoms with E-state index in [1.165, 1.54) is 5.32 Å². The summed E-state index contributed by atoms with van der Waals surface area (Å²) < 4.78 is 80.9. The van der Waals surface area contributed by atoms with Crippen molar-refractivity contribution in [1.29, 1.82) is 5.26 Å². The lowest BCUT2D eigenvalue weighted by atomic mass is 9.91. The maximum atomic E-state index is 14.0. The highest BCUT2D eigenvalue weighted by atomic mass is 19.4. The molecule has 15 heteroatoms. The second-order valence-corrected chi connectivity index (χ2v) is 12.6. The van der Waals surface area contributed by atoms with Crippen molar-refractivity contribution < 1.29 is 45.5 Å². The summed E-state index contributed by atoms with van der Waals surface area (Å²) in [5, 5.41) is 16.2. The van der Waals surface area contributed by atoms with Gasteiger partial charge in [-0.15, -0.1) is 0 Å². The van der Waals surface area contributed by atoms with E-state index in [1.54, 1.807) is 27.7 Å². The van der Waals surface area contributed by atoms with Gasteiger partial charge < -0.3 is 20.9 Å². The fourth-order valence-electron chi connectivity index (χ4n) is 6.57. The van der Waals surface area contributed by atoms with Gasteiger partial charge >= 0.3 is 18.3 Å². The Hall–Kier alpha value is -3.05. The number of nitrogens with one attached hydrogen (secondary N) is 3. The average molecular weight is 580 g/mol. The van der Waals surface area contributed by atoms with Gasteiger partial charge in [0.25, 0.3) is 0 Å². The zero-order valence-corrected chi connectivity index (χ0v) is 22.3. The van der Waals surface area contributed by atoms with Crippen LogP contribution in [0.1, 0.15) is 53.4 Å². The number of hydrogen-bond donors (Lipinski definition) is 3. The summed E-state index contributed by atoms with van der Waals surface area (Å²) in [7, 11) is 0. The molecule has 6 atom stereocenters. The van der Waals surface area contributed by atoms with Crippen molar-refractivity contribution in [1.82, 2.24) is 20.9 Å². The van der Waals surface area contributed by atoms with E-state index in [9.17, 15) is 50.8 Å². The molecule has 3 N–H and O–H groups in total. The zero-order valence-electron chi connectivity index (χ0n) is 22.3. The standard InChI is InChI=1S/C25H31F6N5O4/c1-21(2)8-11(17(37)35-21)7-12(9-32)33-18(38)15-14-13(22(14,3)4)10-36(15)19(39)16(34-20(40)24(26,27)28)23(5-6-23)25(29,30)31/h11-16H,5-8,10H2,1-4H3,(H,33,38)(H,34,40)(H,35,37)/t11-,12+,13?,14?,15?,16?/m1/s1. The SMILES string of the molecule is CC1(C)C[C@@H](C[C@@H](C#N)NC(=O)C2C3C(CN2C(=O)C(NC(=O)C(F)(F)F)C2(C(F)(F)F)CC2)C3(C)C)C(=O)N1. The molecular weight excluding hydrogens is 548 g/mol. The number of fused-ring (bicyclic) bond motifs is 1. The Morgan fingerprint density at radius 2 is 1.70 bits per heavy atom. The molecule has 2 aliphatic heterocycles. The number of piperidine rings is 1. The Morgan fingerprint density at radius 3 is 2.15 bits per heavy atom. The van der Waals surface area contributed by atoms with Crippen LogP contribution < -0.4 is 16.0 Å². The van der Waals surface area contributed by atoms with E-state index in [0.717, 1.165) is 4.90 Å². The van der Waals surface area contributed by atoms with E-state index in [4.69, 9.17) is 0 Å². The largest absolute Gasteiger partial charge is 0.471 e. The summed E-state index contributed by atoms with van der Waals surface area (Å²) in [5.74, 6) is -6.71. The number of halogens is 6. The van der Waals surface area contributed by atoms with Gasteiger partial charge in [-0.2, -0.15) is 31.6 Å². The van der Waals surface area contributed by atoms with Gasteiger partial charge in [-0.3, -0.25) is 19.2 Å². The zero-order chi connectivity index (χ0) is 30.2. The Kier molecular flexibility index (Phi) is 6.91. The quantitative estimate of drug-likeness (QED) is 0.398. The number of amides is 4. The first-order valence-electron chi connectivity index (χ1n) is 12.9. The first-order chi connectivity index (χ1) is 18.2. The van der Waals surface area contributed by atoms with Crippen LogP contribution >= 0.6 is 0 Å². The molecule has 2 saturated heterocycles. The van der Waals surface area contributed by atoms with Crippen LogP contribution in [0, 0.1) is 39.9 Å². The van der Waals surface area contributed by atoms with Crippen molar-refractivity contribution in [2.24, 2.45) is 28.6 Å². The second-order valence-electron chi connectivity index (χ2n) is 12.6. The van der Waals surface area contributed by atoms with Crippen molar-refractivity contribution in [3.8, 4) is 6.07 Å². The van der Waals surface area contributed by atoms with E-state index < -0.39 is 89.2 Å². The third-order valence-electron chi connectivity index (χ3n) is 9.03.